The van der Waals surface area contributed by atoms with E-state index < -0.39 is 0 Å². The molecule has 0 amide bonds. The molecule has 102 valence electrons. The van der Waals surface area contributed by atoms with E-state index in [1.54, 1.807) is 29.5 Å². The summed E-state index contributed by atoms with van der Waals surface area (Å²) in [6, 6.07) is 12.9. The summed E-state index contributed by atoms with van der Waals surface area (Å²) in [5.74, 6) is 0.885. The molecule has 4 aromatic rings. The van der Waals surface area contributed by atoms with E-state index in [1.165, 1.54) is 5.39 Å². The Morgan fingerprint density at radius 2 is 1.71 bits per heavy atom. The Labute approximate surface area is 124 Å². The smallest absolute Gasteiger partial charge is 0.251 e. The van der Waals surface area contributed by atoms with Crippen molar-refractivity contribution in [2.45, 2.75) is 0 Å². The molecule has 0 aliphatic rings. The topological polar surface area (TPSA) is 59.2 Å². The molecule has 0 fully saturated rings. The highest BCUT2D eigenvalue weighted by Crippen LogP contribution is 2.31. The highest BCUT2D eigenvalue weighted by atomic mass is 32.1. The van der Waals surface area contributed by atoms with Gasteiger partial charge in [-0.3, -0.25) is 0 Å². The summed E-state index contributed by atoms with van der Waals surface area (Å²) in [4.78, 5) is 0. The lowest BCUT2D eigenvalue weighted by atomic mass is 10.1. The number of aromatic nitrogens is 2. The van der Waals surface area contributed by atoms with Gasteiger partial charge >= 0.3 is 0 Å². The Kier molecular flexibility index (Phi) is 2.72. The van der Waals surface area contributed by atoms with Crippen LogP contribution < -0.4 is 0 Å². The van der Waals surface area contributed by atoms with E-state index in [4.69, 9.17) is 4.42 Å². The largest absolute Gasteiger partial charge is 0.507 e. The fourth-order valence-corrected chi connectivity index (χ4v) is 2.98. The highest BCUT2D eigenvalue weighted by Gasteiger charge is 2.13. The molecule has 2 aromatic carbocycles. The second-order valence-electron chi connectivity index (χ2n) is 4.64. The van der Waals surface area contributed by atoms with Crippen molar-refractivity contribution in [3.05, 3.63) is 53.2 Å². The molecule has 1 N–H and O–H groups in total. The zero-order valence-electron chi connectivity index (χ0n) is 10.9. The number of thiophene rings is 1. The molecule has 0 bridgehead atoms. The average molecular weight is 294 g/mol. The number of hydrogen-bond donors (Lipinski definition) is 1. The lowest BCUT2D eigenvalue weighted by molar-refractivity contribution is 0.473. The quantitative estimate of drug-likeness (QED) is 0.598. The molecule has 5 heteroatoms. The summed E-state index contributed by atoms with van der Waals surface area (Å²) < 4.78 is 5.68. The number of phenols is 1. The molecule has 4 nitrogen and oxygen atoms in total. The number of fused-ring (bicyclic) bond motifs is 1. The maximum atomic E-state index is 9.83. The molecule has 0 saturated heterocycles. The number of benzene rings is 2. The molecule has 0 radical (unpaired) electrons. The minimum absolute atomic E-state index is 0.126. The normalized spacial score (nSPS) is 11.0. The van der Waals surface area contributed by atoms with Gasteiger partial charge in [-0.25, -0.2) is 0 Å². The van der Waals surface area contributed by atoms with Crippen LogP contribution in [0.3, 0.4) is 0 Å². The van der Waals surface area contributed by atoms with Gasteiger partial charge in [0.15, 0.2) is 0 Å². The van der Waals surface area contributed by atoms with E-state index in [-0.39, 0.29) is 5.75 Å². The van der Waals surface area contributed by atoms with Crippen molar-refractivity contribution in [2.75, 3.05) is 0 Å². The standard InChI is InChI=1S/C16H10N2O2S/c19-14-4-2-1-3-13(14)16-18-17-15(20-16)10-5-6-11-8-21-9-12(11)7-10/h1-9,19H. The van der Waals surface area contributed by atoms with E-state index >= 15 is 0 Å². The molecule has 0 spiro atoms. The fourth-order valence-electron chi connectivity index (χ4n) is 2.20. The van der Waals surface area contributed by atoms with Crippen molar-refractivity contribution in [2.24, 2.45) is 0 Å². The van der Waals surface area contributed by atoms with Gasteiger partial charge in [0, 0.05) is 5.56 Å². The van der Waals surface area contributed by atoms with Crippen LogP contribution in [0.5, 0.6) is 5.75 Å². The Morgan fingerprint density at radius 3 is 2.62 bits per heavy atom. The molecule has 2 heterocycles. The molecule has 21 heavy (non-hydrogen) atoms. The van der Waals surface area contributed by atoms with Crippen molar-refractivity contribution in [3.8, 4) is 28.7 Å². The second-order valence-corrected chi connectivity index (χ2v) is 5.39. The SMILES string of the molecule is Oc1ccccc1-c1nnc(-c2ccc3cscc3c2)o1. The van der Waals surface area contributed by atoms with Crippen molar-refractivity contribution < 1.29 is 9.52 Å². The van der Waals surface area contributed by atoms with Crippen molar-refractivity contribution >= 4 is 22.1 Å². The molecule has 4 rings (SSSR count). The van der Waals surface area contributed by atoms with Gasteiger partial charge in [0.2, 0.25) is 5.89 Å². The van der Waals surface area contributed by atoms with E-state index in [9.17, 15) is 5.11 Å². The minimum Gasteiger partial charge on any atom is -0.507 e. The van der Waals surface area contributed by atoms with Crippen molar-refractivity contribution in [1.82, 2.24) is 10.2 Å². The summed E-state index contributed by atoms with van der Waals surface area (Å²) in [5.41, 5.74) is 1.41. The lowest BCUT2D eigenvalue weighted by Crippen LogP contribution is -1.78. The van der Waals surface area contributed by atoms with E-state index in [0.29, 0.717) is 17.3 Å². The lowest BCUT2D eigenvalue weighted by Gasteiger charge is -1.98. The Balaban J connectivity index is 1.78. The Morgan fingerprint density at radius 1 is 0.905 bits per heavy atom. The number of aromatic hydroxyl groups is 1. The summed E-state index contributed by atoms with van der Waals surface area (Å²) in [7, 11) is 0. The maximum absolute atomic E-state index is 9.83. The monoisotopic (exact) mass is 294 g/mol. The van der Waals surface area contributed by atoms with Crippen molar-refractivity contribution in [3.63, 3.8) is 0 Å². The van der Waals surface area contributed by atoms with Crippen molar-refractivity contribution in [1.29, 1.82) is 0 Å². The molecule has 0 saturated carbocycles. The fraction of sp³-hybridized carbons (Fsp3) is 0. The molecule has 0 unspecified atom stereocenters. The van der Waals surface area contributed by atoms with Crippen LogP contribution >= 0.6 is 11.3 Å². The summed E-state index contributed by atoms with van der Waals surface area (Å²) in [6.45, 7) is 0. The van der Waals surface area contributed by atoms with E-state index in [1.807, 2.05) is 24.3 Å². The molecule has 2 aromatic heterocycles. The van der Waals surface area contributed by atoms with Crippen LogP contribution in [0.4, 0.5) is 0 Å². The van der Waals surface area contributed by atoms with E-state index in [0.717, 1.165) is 10.9 Å². The van der Waals surface area contributed by atoms with Crippen LogP contribution in [-0.2, 0) is 0 Å². The molecule has 0 aliphatic carbocycles. The average Bonchev–Trinajstić information content (AvgIpc) is 3.16. The first-order valence-electron chi connectivity index (χ1n) is 6.39. The maximum Gasteiger partial charge on any atom is 0.251 e. The van der Waals surface area contributed by atoms with Crippen LogP contribution in [0, 0.1) is 0 Å². The number of phenolic OH excluding ortho intramolecular Hbond substituents is 1. The van der Waals surface area contributed by atoms with Crippen LogP contribution in [0.1, 0.15) is 0 Å². The van der Waals surface area contributed by atoms with Gasteiger partial charge in [-0.2, -0.15) is 11.3 Å². The number of nitrogens with zero attached hydrogens (tertiary/aromatic N) is 2. The second kappa shape index (κ2) is 4.71. The van der Waals surface area contributed by atoms with Crippen LogP contribution in [0.15, 0.2) is 57.6 Å². The summed E-state index contributed by atoms with van der Waals surface area (Å²) in [5, 5.41) is 24.4. The molecule has 0 aliphatic heterocycles. The molecular formula is C16H10N2O2S. The Bertz CT molecular complexity index is 927. The zero-order valence-corrected chi connectivity index (χ0v) is 11.7. The minimum atomic E-state index is 0.126. The summed E-state index contributed by atoms with van der Waals surface area (Å²) in [6.07, 6.45) is 0. The first-order chi connectivity index (χ1) is 10.3. The van der Waals surface area contributed by atoms with Gasteiger partial charge in [-0.15, -0.1) is 10.2 Å². The Hall–Kier alpha value is -2.66. The van der Waals surface area contributed by atoms with Gasteiger partial charge in [-0.1, -0.05) is 18.2 Å². The highest BCUT2D eigenvalue weighted by molar-refractivity contribution is 7.09. The zero-order chi connectivity index (χ0) is 14.2. The van der Waals surface area contributed by atoms with Gasteiger partial charge in [0.1, 0.15) is 5.75 Å². The van der Waals surface area contributed by atoms with Crippen LogP contribution in [0.2, 0.25) is 0 Å². The van der Waals surface area contributed by atoms with E-state index in [2.05, 4.69) is 21.0 Å². The molecule has 0 atom stereocenters. The number of rotatable bonds is 2. The van der Waals surface area contributed by atoms with Crippen LogP contribution in [0.25, 0.3) is 33.7 Å². The van der Waals surface area contributed by atoms with Gasteiger partial charge in [0.25, 0.3) is 5.89 Å². The third-order valence-corrected chi connectivity index (χ3v) is 4.06. The van der Waals surface area contributed by atoms with Gasteiger partial charge < -0.3 is 9.52 Å². The van der Waals surface area contributed by atoms with Gasteiger partial charge in [0.05, 0.1) is 5.56 Å². The molecular weight excluding hydrogens is 284 g/mol. The third kappa shape index (κ3) is 2.08. The number of para-hydroxylation sites is 1. The third-order valence-electron chi connectivity index (χ3n) is 3.28. The summed E-state index contributed by atoms with van der Waals surface area (Å²) >= 11 is 1.66. The predicted molar refractivity (Wildman–Crippen MR) is 82.2 cm³/mol. The predicted octanol–water partition coefficient (Wildman–Crippen LogP) is 4.32. The number of hydrogen-bond acceptors (Lipinski definition) is 5. The van der Waals surface area contributed by atoms with Gasteiger partial charge in [-0.05, 0) is 45.8 Å². The first-order valence-corrected chi connectivity index (χ1v) is 7.34. The first kappa shape index (κ1) is 12.1. The van der Waals surface area contributed by atoms with Crippen LogP contribution in [-0.4, -0.2) is 15.3 Å².